The number of fused-ring (bicyclic) bond motifs is 1. The van der Waals surface area contributed by atoms with Gasteiger partial charge in [-0.05, 0) is 55.2 Å². The van der Waals surface area contributed by atoms with Crippen molar-refractivity contribution < 1.29 is 15.0 Å². The van der Waals surface area contributed by atoms with Crippen molar-refractivity contribution in [1.82, 2.24) is 4.98 Å². The number of carbonyl (C=O) groups excluding carboxylic acids is 1. The topological polar surface area (TPSA) is 82.5 Å². The Kier molecular flexibility index (Phi) is 5.95. The number of hydrogen-bond donors (Lipinski definition) is 3. The summed E-state index contributed by atoms with van der Waals surface area (Å²) >= 11 is 7.47. The van der Waals surface area contributed by atoms with Crippen molar-refractivity contribution in [2.75, 3.05) is 5.32 Å². The monoisotopic (exact) mass is 456 g/mol. The molecule has 1 aromatic carbocycles. The van der Waals surface area contributed by atoms with E-state index in [0.29, 0.717) is 35.2 Å². The number of nitrogens with one attached hydrogen (secondary N) is 1. The molecular weight excluding hydrogens is 432 g/mol. The molecule has 31 heavy (non-hydrogen) atoms. The van der Waals surface area contributed by atoms with Crippen molar-refractivity contribution in [1.29, 1.82) is 0 Å². The average molecular weight is 457 g/mol. The van der Waals surface area contributed by atoms with E-state index in [1.165, 1.54) is 11.3 Å². The third-order valence-corrected chi connectivity index (χ3v) is 7.20. The fourth-order valence-corrected chi connectivity index (χ4v) is 5.54. The van der Waals surface area contributed by atoms with Crippen molar-refractivity contribution >= 4 is 44.2 Å². The lowest BCUT2D eigenvalue weighted by molar-refractivity contribution is -0.126. The third-order valence-electron chi connectivity index (χ3n) is 6.03. The number of amides is 1. The van der Waals surface area contributed by atoms with E-state index < -0.39 is 5.41 Å². The maximum absolute atomic E-state index is 13.5. The molecule has 3 N–H and O–H groups in total. The van der Waals surface area contributed by atoms with Crippen molar-refractivity contribution in [2.45, 2.75) is 33.1 Å². The number of aliphatic hydroxyl groups excluding tert-OH is 2. The standard InChI is InChI=1S/C24H25ClN2O3S/c1-24(2,22(30)27-23-26-19-12-7-16(25)13-20(19)31-23)21(14-3-8-17(28)9-4-14)15-5-10-18(29)11-6-15/h3,5,7-10,12-14,21,28-29H,4,6,11H2,1-2H3,(H,26,27,30). The summed E-state index contributed by atoms with van der Waals surface area (Å²) in [5.74, 6) is 0.455. The second-order valence-corrected chi connectivity index (χ2v) is 10.0. The molecule has 0 bridgehead atoms. The molecule has 1 aromatic heterocycles. The van der Waals surface area contributed by atoms with E-state index in [1.807, 2.05) is 38.1 Å². The third kappa shape index (κ3) is 4.55. The van der Waals surface area contributed by atoms with E-state index >= 15 is 0 Å². The molecule has 1 heterocycles. The highest BCUT2D eigenvalue weighted by molar-refractivity contribution is 7.22. The van der Waals surface area contributed by atoms with E-state index in [2.05, 4.69) is 10.3 Å². The zero-order valence-electron chi connectivity index (χ0n) is 17.4. The molecule has 1 amide bonds. The van der Waals surface area contributed by atoms with Crippen molar-refractivity contribution in [3.05, 3.63) is 70.7 Å². The molecule has 0 aliphatic heterocycles. The lowest BCUT2D eigenvalue weighted by Gasteiger charge is -2.40. The fourth-order valence-electron chi connectivity index (χ4n) is 4.40. The summed E-state index contributed by atoms with van der Waals surface area (Å²) in [6.45, 7) is 3.89. The zero-order chi connectivity index (χ0) is 22.2. The Morgan fingerprint density at radius 2 is 2.10 bits per heavy atom. The minimum absolute atomic E-state index is 0.0608. The predicted molar refractivity (Wildman–Crippen MR) is 127 cm³/mol. The van der Waals surface area contributed by atoms with Crippen LogP contribution >= 0.6 is 22.9 Å². The molecular formula is C24H25ClN2O3S. The van der Waals surface area contributed by atoms with E-state index in [9.17, 15) is 15.0 Å². The van der Waals surface area contributed by atoms with Crippen molar-refractivity contribution in [3.63, 3.8) is 0 Å². The first-order chi connectivity index (χ1) is 14.7. The number of aromatic nitrogens is 1. The van der Waals surface area contributed by atoms with Gasteiger partial charge in [0.25, 0.3) is 0 Å². The number of aliphatic hydroxyl groups is 2. The molecule has 2 aliphatic carbocycles. The molecule has 0 fully saturated rings. The summed E-state index contributed by atoms with van der Waals surface area (Å²) < 4.78 is 0.920. The van der Waals surface area contributed by atoms with Crippen molar-refractivity contribution in [2.24, 2.45) is 17.3 Å². The van der Waals surface area contributed by atoms with E-state index in [1.54, 1.807) is 24.3 Å². The lowest BCUT2D eigenvalue weighted by Crippen LogP contribution is -2.42. The van der Waals surface area contributed by atoms with Gasteiger partial charge in [-0.25, -0.2) is 4.98 Å². The number of nitrogens with zero attached hydrogens (tertiary/aromatic N) is 1. The van der Waals surface area contributed by atoms with Crippen LogP contribution in [-0.4, -0.2) is 21.1 Å². The molecule has 5 nitrogen and oxygen atoms in total. The number of rotatable bonds is 5. The first-order valence-corrected chi connectivity index (χ1v) is 11.5. The minimum Gasteiger partial charge on any atom is -0.512 e. The second-order valence-electron chi connectivity index (χ2n) is 8.57. The van der Waals surface area contributed by atoms with Gasteiger partial charge in [0.1, 0.15) is 5.76 Å². The lowest BCUT2D eigenvalue weighted by atomic mass is 9.64. The zero-order valence-corrected chi connectivity index (χ0v) is 19.0. The Morgan fingerprint density at radius 1 is 1.29 bits per heavy atom. The highest BCUT2D eigenvalue weighted by Gasteiger charge is 2.43. The van der Waals surface area contributed by atoms with Gasteiger partial charge in [-0.2, -0.15) is 0 Å². The molecule has 0 saturated carbocycles. The van der Waals surface area contributed by atoms with Gasteiger partial charge in [0.05, 0.1) is 21.4 Å². The molecule has 2 aromatic rings. The van der Waals surface area contributed by atoms with Gasteiger partial charge in [-0.15, -0.1) is 0 Å². The molecule has 2 aliphatic rings. The molecule has 2 atom stereocenters. The highest BCUT2D eigenvalue weighted by Crippen LogP contribution is 2.45. The van der Waals surface area contributed by atoms with E-state index in [-0.39, 0.29) is 23.5 Å². The van der Waals surface area contributed by atoms with Crippen LogP contribution in [0.15, 0.2) is 65.7 Å². The SMILES string of the molecule is CC(C)(C(=O)Nc1nc2ccc(Cl)cc2s1)C(C1=CC=C(O)CC1)C1C=CC(O)=CC1. The molecule has 162 valence electrons. The van der Waals surface area contributed by atoms with Gasteiger partial charge in [0.15, 0.2) is 5.13 Å². The van der Waals surface area contributed by atoms with Gasteiger partial charge >= 0.3 is 0 Å². The van der Waals surface area contributed by atoms with Gasteiger partial charge in [-0.1, -0.05) is 54.5 Å². The predicted octanol–water partition coefficient (Wildman–Crippen LogP) is 6.71. The Balaban J connectivity index is 1.63. The first-order valence-electron chi connectivity index (χ1n) is 10.3. The Labute approximate surface area is 190 Å². The smallest absolute Gasteiger partial charge is 0.232 e. The van der Waals surface area contributed by atoms with E-state index in [4.69, 9.17) is 11.6 Å². The number of allylic oxidation sites excluding steroid dienone is 7. The quantitative estimate of drug-likeness (QED) is 0.466. The summed E-state index contributed by atoms with van der Waals surface area (Å²) in [7, 11) is 0. The molecule has 0 radical (unpaired) electrons. The Hall–Kier alpha value is -2.57. The van der Waals surface area contributed by atoms with Crippen LogP contribution in [0, 0.1) is 17.3 Å². The number of thiazole rings is 1. The number of anilines is 1. The summed E-state index contributed by atoms with van der Waals surface area (Å²) in [5.41, 5.74) is 1.17. The van der Waals surface area contributed by atoms with Crippen molar-refractivity contribution in [3.8, 4) is 0 Å². The van der Waals surface area contributed by atoms with Gasteiger partial charge < -0.3 is 15.5 Å². The fraction of sp³-hybridized carbons (Fsp3) is 0.333. The van der Waals surface area contributed by atoms with Crippen LogP contribution < -0.4 is 5.32 Å². The minimum atomic E-state index is -0.752. The second kappa shape index (κ2) is 8.52. The van der Waals surface area contributed by atoms with E-state index in [0.717, 1.165) is 15.8 Å². The molecule has 7 heteroatoms. The van der Waals surface area contributed by atoms with Crippen LogP contribution in [0.5, 0.6) is 0 Å². The van der Waals surface area contributed by atoms with Crippen LogP contribution in [-0.2, 0) is 4.79 Å². The number of carbonyl (C=O) groups is 1. The summed E-state index contributed by atoms with van der Waals surface area (Å²) in [5, 5.41) is 23.8. The number of halogens is 1. The molecule has 4 rings (SSSR count). The molecule has 0 saturated heterocycles. The maximum atomic E-state index is 13.5. The number of benzene rings is 1. The molecule has 2 unspecified atom stereocenters. The Morgan fingerprint density at radius 3 is 2.77 bits per heavy atom. The first kappa shape index (κ1) is 21.7. The highest BCUT2D eigenvalue weighted by atomic mass is 35.5. The number of hydrogen-bond acceptors (Lipinski definition) is 5. The normalized spacial score (nSPS) is 20.1. The molecule has 0 spiro atoms. The largest absolute Gasteiger partial charge is 0.512 e. The van der Waals surface area contributed by atoms with Crippen LogP contribution in [0.2, 0.25) is 5.02 Å². The van der Waals surface area contributed by atoms with Crippen LogP contribution in [0.3, 0.4) is 0 Å². The summed E-state index contributed by atoms with van der Waals surface area (Å²) in [4.78, 5) is 18.0. The van der Waals surface area contributed by atoms with Gasteiger partial charge in [-0.3, -0.25) is 4.79 Å². The summed E-state index contributed by atoms with van der Waals surface area (Å²) in [6.07, 6.45) is 11.0. The van der Waals surface area contributed by atoms with Crippen LogP contribution in [0.25, 0.3) is 10.2 Å². The van der Waals surface area contributed by atoms with Crippen LogP contribution in [0.4, 0.5) is 5.13 Å². The summed E-state index contributed by atoms with van der Waals surface area (Å²) in [6, 6.07) is 5.47. The van der Waals surface area contributed by atoms with Crippen LogP contribution in [0.1, 0.15) is 33.1 Å². The van der Waals surface area contributed by atoms with Gasteiger partial charge in [0.2, 0.25) is 5.91 Å². The Bertz CT molecular complexity index is 1140. The average Bonchev–Trinajstić information content (AvgIpc) is 3.12. The maximum Gasteiger partial charge on any atom is 0.232 e. The van der Waals surface area contributed by atoms with Gasteiger partial charge in [0, 0.05) is 17.4 Å².